The number of para-hydroxylation sites is 1. The summed E-state index contributed by atoms with van der Waals surface area (Å²) >= 11 is 7.45. The number of rotatable bonds is 4. The van der Waals surface area contributed by atoms with Gasteiger partial charge in [0.15, 0.2) is 4.47 Å². The Morgan fingerprint density at radius 2 is 2.26 bits per heavy atom. The van der Waals surface area contributed by atoms with Gasteiger partial charge in [0.05, 0.1) is 6.54 Å². The van der Waals surface area contributed by atoms with Crippen LogP contribution in [0, 0.1) is 0 Å². The number of fused-ring (bicyclic) bond motifs is 1. The maximum Gasteiger partial charge on any atom is 0.183 e. The lowest BCUT2D eigenvalue weighted by Gasteiger charge is -2.18. The van der Waals surface area contributed by atoms with Crippen molar-refractivity contribution in [1.82, 2.24) is 4.98 Å². The highest BCUT2D eigenvalue weighted by Gasteiger charge is 2.27. The van der Waals surface area contributed by atoms with Crippen LogP contribution in [-0.4, -0.2) is 18.1 Å². The molecule has 0 radical (unpaired) electrons. The molecule has 1 aliphatic rings. The number of aromatic nitrogens is 1. The number of thiazole rings is 1. The standard InChI is InChI=1S/C14H16ClN3S/c15-14-17-7-11(19-14)9-18-8-10(5-6-16)12-3-1-2-4-13(12)18/h1-4,7,10H,5-6,8-9,16H2. The molecule has 2 heterocycles. The van der Waals surface area contributed by atoms with Crippen LogP contribution in [0.4, 0.5) is 5.69 Å². The molecule has 1 aromatic heterocycles. The third-order valence-electron chi connectivity index (χ3n) is 3.55. The van der Waals surface area contributed by atoms with E-state index in [-0.39, 0.29) is 0 Å². The third-order valence-corrected chi connectivity index (χ3v) is 4.64. The van der Waals surface area contributed by atoms with Gasteiger partial charge in [-0.25, -0.2) is 4.98 Å². The summed E-state index contributed by atoms with van der Waals surface area (Å²) in [5.41, 5.74) is 8.47. The monoisotopic (exact) mass is 293 g/mol. The normalized spacial score (nSPS) is 17.8. The molecule has 0 amide bonds. The Morgan fingerprint density at radius 3 is 3.00 bits per heavy atom. The van der Waals surface area contributed by atoms with Gasteiger partial charge >= 0.3 is 0 Å². The summed E-state index contributed by atoms with van der Waals surface area (Å²) < 4.78 is 0.612. The van der Waals surface area contributed by atoms with Gasteiger partial charge in [-0.2, -0.15) is 0 Å². The summed E-state index contributed by atoms with van der Waals surface area (Å²) in [4.78, 5) is 7.71. The van der Waals surface area contributed by atoms with E-state index in [2.05, 4.69) is 34.1 Å². The van der Waals surface area contributed by atoms with Gasteiger partial charge in [-0.05, 0) is 24.6 Å². The Hall–Kier alpha value is -1.10. The van der Waals surface area contributed by atoms with Gasteiger partial charge in [-0.1, -0.05) is 29.8 Å². The highest BCUT2D eigenvalue weighted by molar-refractivity contribution is 7.15. The molecule has 0 fully saturated rings. The zero-order valence-electron chi connectivity index (χ0n) is 10.6. The number of anilines is 1. The predicted octanol–water partition coefficient (Wildman–Crippen LogP) is 3.25. The lowest BCUT2D eigenvalue weighted by Crippen LogP contribution is -2.21. The van der Waals surface area contributed by atoms with Crippen LogP contribution in [0.3, 0.4) is 0 Å². The van der Waals surface area contributed by atoms with Crippen molar-refractivity contribution in [2.45, 2.75) is 18.9 Å². The van der Waals surface area contributed by atoms with Crippen LogP contribution in [0.25, 0.3) is 0 Å². The van der Waals surface area contributed by atoms with Crippen LogP contribution in [0.1, 0.15) is 22.8 Å². The quantitative estimate of drug-likeness (QED) is 0.941. The SMILES string of the molecule is NCCC1CN(Cc2cnc(Cl)s2)c2ccccc21. The maximum absolute atomic E-state index is 5.90. The van der Waals surface area contributed by atoms with E-state index in [1.54, 1.807) is 11.3 Å². The van der Waals surface area contributed by atoms with Crippen molar-refractivity contribution >= 4 is 28.6 Å². The molecule has 0 saturated carbocycles. The summed E-state index contributed by atoms with van der Waals surface area (Å²) in [6, 6.07) is 8.61. The summed E-state index contributed by atoms with van der Waals surface area (Å²) in [6.07, 6.45) is 2.91. The molecule has 1 aliphatic heterocycles. The first-order valence-corrected chi connectivity index (χ1v) is 7.61. The minimum absolute atomic E-state index is 0.546. The molecule has 5 heteroatoms. The molecular weight excluding hydrogens is 278 g/mol. The van der Waals surface area contributed by atoms with E-state index in [0.29, 0.717) is 10.4 Å². The van der Waals surface area contributed by atoms with Crippen molar-refractivity contribution in [2.24, 2.45) is 5.73 Å². The highest BCUT2D eigenvalue weighted by Crippen LogP contribution is 2.38. The number of halogens is 1. The fraction of sp³-hybridized carbons (Fsp3) is 0.357. The van der Waals surface area contributed by atoms with E-state index in [0.717, 1.165) is 26.1 Å². The average molecular weight is 294 g/mol. The van der Waals surface area contributed by atoms with Crippen LogP contribution < -0.4 is 10.6 Å². The molecule has 1 atom stereocenters. The van der Waals surface area contributed by atoms with E-state index in [9.17, 15) is 0 Å². The van der Waals surface area contributed by atoms with E-state index in [1.807, 2.05) is 6.20 Å². The molecule has 1 aromatic carbocycles. The van der Waals surface area contributed by atoms with Gasteiger partial charge < -0.3 is 10.6 Å². The number of hydrogen-bond acceptors (Lipinski definition) is 4. The Balaban J connectivity index is 1.84. The Kier molecular flexibility index (Phi) is 3.73. The van der Waals surface area contributed by atoms with Gasteiger partial charge in [0.1, 0.15) is 0 Å². The minimum Gasteiger partial charge on any atom is -0.365 e. The Bertz CT molecular complexity index is 569. The first-order chi connectivity index (χ1) is 9.28. The predicted molar refractivity (Wildman–Crippen MR) is 81.0 cm³/mol. The average Bonchev–Trinajstić information content (AvgIpc) is 2.97. The smallest absolute Gasteiger partial charge is 0.183 e. The number of hydrogen-bond donors (Lipinski definition) is 1. The molecule has 19 heavy (non-hydrogen) atoms. The second-order valence-electron chi connectivity index (χ2n) is 4.79. The van der Waals surface area contributed by atoms with Crippen molar-refractivity contribution in [3.8, 4) is 0 Å². The first-order valence-electron chi connectivity index (χ1n) is 6.42. The zero-order valence-corrected chi connectivity index (χ0v) is 12.1. The number of benzene rings is 1. The van der Waals surface area contributed by atoms with Crippen molar-refractivity contribution < 1.29 is 0 Å². The van der Waals surface area contributed by atoms with E-state index in [4.69, 9.17) is 17.3 Å². The fourth-order valence-corrected chi connectivity index (χ4v) is 3.72. The summed E-state index contributed by atoms with van der Waals surface area (Å²) in [6.45, 7) is 2.65. The molecule has 2 N–H and O–H groups in total. The summed E-state index contributed by atoms with van der Waals surface area (Å²) in [5, 5.41) is 0. The molecule has 2 aromatic rings. The van der Waals surface area contributed by atoms with Gasteiger partial charge in [-0.3, -0.25) is 0 Å². The van der Waals surface area contributed by atoms with Gasteiger partial charge in [0, 0.05) is 29.2 Å². The second kappa shape index (κ2) is 5.49. The fourth-order valence-electron chi connectivity index (χ4n) is 2.73. The summed E-state index contributed by atoms with van der Waals surface area (Å²) in [5.74, 6) is 0.546. The van der Waals surface area contributed by atoms with E-state index < -0.39 is 0 Å². The second-order valence-corrected chi connectivity index (χ2v) is 6.49. The van der Waals surface area contributed by atoms with Gasteiger partial charge in [0.25, 0.3) is 0 Å². The Morgan fingerprint density at radius 1 is 1.42 bits per heavy atom. The molecule has 100 valence electrons. The maximum atomic E-state index is 5.90. The molecular formula is C14H16ClN3S. The Labute approximate surface area is 122 Å². The van der Waals surface area contributed by atoms with E-state index in [1.165, 1.54) is 16.1 Å². The van der Waals surface area contributed by atoms with Gasteiger partial charge in [-0.15, -0.1) is 11.3 Å². The van der Waals surface area contributed by atoms with Crippen LogP contribution in [-0.2, 0) is 6.54 Å². The van der Waals surface area contributed by atoms with Crippen LogP contribution in [0.2, 0.25) is 4.47 Å². The van der Waals surface area contributed by atoms with Crippen molar-refractivity contribution in [3.05, 3.63) is 45.4 Å². The molecule has 0 spiro atoms. The number of nitrogens with zero attached hydrogens (tertiary/aromatic N) is 2. The van der Waals surface area contributed by atoms with Crippen molar-refractivity contribution in [2.75, 3.05) is 18.0 Å². The van der Waals surface area contributed by atoms with Crippen molar-refractivity contribution in [3.63, 3.8) is 0 Å². The third kappa shape index (κ3) is 2.61. The lowest BCUT2D eigenvalue weighted by molar-refractivity contribution is 0.645. The molecule has 3 nitrogen and oxygen atoms in total. The van der Waals surface area contributed by atoms with E-state index >= 15 is 0 Å². The molecule has 1 unspecified atom stereocenters. The van der Waals surface area contributed by atoms with Gasteiger partial charge in [0.2, 0.25) is 0 Å². The van der Waals surface area contributed by atoms with Crippen LogP contribution in [0.15, 0.2) is 30.5 Å². The first kappa shape index (κ1) is 12.9. The summed E-state index contributed by atoms with van der Waals surface area (Å²) in [7, 11) is 0. The highest BCUT2D eigenvalue weighted by atomic mass is 35.5. The lowest BCUT2D eigenvalue weighted by atomic mass is 9.98. The van der Waals surface area contributed by atoms with Crippen LogP contribution in [0.5, 0.6) is 0 Å². The van der Waals surface area contributed by atoms with Crippen molar-refractivity contribution in [1.29, 1.82) is 0 Å². The largest absolute Gasteiger partial charge is 0.365 e. The van der Waals surface area contributed by atoms with Crippen LogP contribution >= 0.6 is 22.9 Å². The molecule has 0 saturated heterocycles. The molecule has 0 bridgehead atoms. The minimum atomic E-state index is 0.546. The number of nitrogens with two attached hydrogens (primary N) is 1. The molecule has 0 aliphatic carbocycles. The topological polar surface area (TPSA) is 42.1 Å². The zero-order chi connectivity index (χ0) is 13.2. The molecule has 3 rings (SSSR count).